The molecular weight excluding hydrogens is 322 g/mol. The van der Waals surface area contributed by atoms with Gasteiger partial charge in [-0.15, -0.1) is 0 Å². The molecule has 0 fully saturated rings. The Morgan fingerprint density at radius 1 is 1.53 bits per heavy atom. The molecule has 0 saturated carbocycles. The number of hydrogen-bond acceptors (Lipinski definition) is 1. The molecule has 1 aromatic carbocycles. The van der Waals surface area contributed by atoms with Gasteiger partial charge in [-0.3, -0.25) is 4.79 Å². The fourth-order valence-electron chi connectivity index (χ4n) is 1.24. The number of benzene rings is 1. The van der Waals surface area contributed by atoms with Crippen molar-refractivity contribution in [3.05, 3.63) is 33.8 Å². The van der Waals surface area contributed by atoms with Crippen molar-refractivity contribution < 1.29 is 4.79 Å². The summed E-state index contributed by atoms with van der Waals surface area (Å²) in [5, 5.41) is 2.86. The minimum atomic E-state index is -0.0359. The summed E-state index contributed by atoms with van der Waals surface area (Å²) in [6.45, 7) is 4.55. The summed E-state index contributed by atoms with van der Waals surface area (Å²) in [4.78, 5) is 12.1. The molecule has 1 N–H and O–H groups in total. The lowest BCUT2D eigenvalue weighted by atomic mass is 10.1. The van der Waals surface area contributed by atoms with Crippen LogP contribution < -0.4 is 5.32 Å². The Bertz CT molecular complexity index is 343. The third-order valence-electron chi connectivity index (χ3n) is 1.99. The van der Waals surface area contributed by atoms with E-state index in [1.54, 1.807) is 0 Å². The summed E-state index contributed by atoms with van der Waals surface area (Å²) < 4.78 is 0.835. The summed E-state index contributed by atoms with van der Waals surface area (Å²) in [7, 11) is 0. The van der Waals surface area contributed by atoms with E-state index in [2.05, 4.69) is 37.2 Å². The molecule has 2 nitrogen and oxygen atoms in total. The molecule has 15 heavy (non-hydrogen) atoms. The zero-order chi connectivity index (χ0) is 11.4. The van der Waals surface area contributed by atoms with E-state index in [1.165, 1.54) is 0 Å². The predicted octanol–water partition coefficient (Wildman–Crippen LogP) is 3.27. The zero-order valence-electron chi connectivity index (χ0n) is 8.68. The van der Waals surface area contributed by atoms with E-state index in [-0.39, 0.29) is 10.7 Å². The van der Waals surface area contributed by atoms with Gasteiger partial charge in [-0.2, -0.15) is 0 Å². The Morgan fingerprint density at radius 3 is 2.73 bits per heavy atom. The number of amides is 1. The summed E-state index contributed by atoms with van der Waals surface area (Å²) in [5.74, 6) is -0.0359. The van der Waals surface area contributed by atoms with Gasteiger partial charge >= 0.3 is 0 Å². The maximum Gasteiger partial charge on any atom is 0.252 e. The maximum absolute atomic E-state index is 11.8. The second-order valence-electron chi connectivity index (χ2n) is 3.42. The average Bonchev–Trinajstić information content (AvgIpc) is 2.14. The van der Waals surface area contributed by atoms with Crippen LogP contribution in [0.4, 0.5) is 0 Å². The third kappa shape index (κ3) is 3.61. The average molecular weight is 335 g/mol. The highest BCUT2D eigenvalue weighted by Gasteiger charge is 2.12. The molecule has 0 aliphatic heterocycles. The number of aryl methyl sites for hydroxylation is 1. The Morgan fingerprint density at radius 2 is 2.20 bits per heavy atom. The van der Waals surface area contributed by atoms with Gasteiger partial charge in [-0.05, 0) is 34.5 Å². The van der Waals surface area contributed by atoms with Gasteiger partial charge in [-0.1, -0.05) is 35.0 Å². The van der Waals surface area contributed by atoms with Crippen molar-refractivity contribution in [3.63, 3.8) is 0 Å². The number of alkyl halides is 1. The number of carbonyl (C=O) groups is 1. The van der Waals surface area contributed by atoms with Crippen LogP contribution in [0.2, 0.25) is 0 Å². The van der Waals surface area contributed by atoms with Crippen LogP contribution in [0, 0.1) is 6.92 Å². The van der Waals surface area contributed by atoms with Gasteiger partial charge in [0.1, 0.15) is 0 Å². The van der Waals surface area contributed by atoms with Crippen LogP contribution in [-0.4, -0.2) is 17.3 Å². The third-order valence-corrected chi connectivity index (χ3v) is 2.98. The van der Waals surface area contributed by atoms with Gasteiger partial charge in [-0.25, -0.2) is 0 Å². The van der Waals surface area contributed by atoms with Gasteiger partial charge < -0.3 is 5.32 Å². The first kappa shape index (κ1) is 12.7. The van der Waals surface area contributed by atoms with E-state index in [0.29, 0.717) is 12.1 Å². The quantitative estimate of drug-likeness (QED) is 0.844. The van der Waals surface area contributed by atoms with Crippen molar-refractivity contribution >= 4 is 37.8 Å². The molecule has 4 heteroatoms. The molecule has 0 bridgehead atoms. The van der Waals surface area contributed by atoms with E-state index in [0.717, 1.165) is 10.0 Å². The number of rotatable bonds is 3. The first-order chi connectivity index (χ1) is 7.02. The van der Waals surface area contributed by atoms with E-state index >= 15 is 0 Å². The highest BCUT2D eigenvalue weighted by atomic mass is 79.9. The monoisotopic (exact) mass is 333 g/mol. The molecule has 82 valence electrons. The standard InChI is InChI=1S/C11H13Br2NO/c1-7-4-3-5-9(13)10(7)11(15)14-6-8(2)12/h3-5,8H,6H2,1-2H3,(H,14,15). The topological polar surface area (TPSA) is 29.1 Å². The Kier molecular flexibility index (Phi) is 4.80. The SMILES string of the molecule is Cc1cccc(Br)c1C(=O)NCC(C)Br. The Hall–Kier alpha value is -0.350. The molecule has 0 radical (unpaired) electrons. The highest BCUT2D eigenvalue weighted by molar-refractivity contribution is 9.10. The summed E-state index contributed by atoms with van der Waals surface area (Å²) in [6.07, 6.45) is 0. The van der Waals surface area contributed by atoms with Crippen LogP contribution in [-0.2, 0) is 0 Å². The largest absolute Gasteiger partial charge is 0.351 e. The van der Waals surface area contributed by atoms with Crippen molar-refractivity contribution in [2.45, 2.75) is 18.7 Å². The van der Waals surface area contributed by atoms with Gasteiger partial charge in [0, 0.05) is 15.8 Å². The first-order valence-corrected chi connectivity index (χ1v) is 6.40. The van der Waals surface area contributed by atoms with E-state index in [4.69, 9.17) is 0 Å². The van der Waals surface area contributed by atoms with Gasteiger partial charge in [0.2, 0.25) is 0 Å². The second kappa shape index (κ2) is 5.66. The van der Waals surface area contributed by atoms with Crippen LogP contribution in [0.25, 0.3) is 0 Å². The van der Waals surface area contributed by atoms with Crippen molar-refractivity contribution in [1.29, 1.82) is 0 Å². The van der Waals surface area contributed by atoms with E-state index < -0.39 is 0 Å². The fourth-order valence-corrected chi connectivity index (χ4v) is 2.05. The molecule has 0 heterocycles. The molecular formula is C11H13Br2NO. The zero-order valence-corrected chi connectivity index (χ0v) is 11.9. The summed E-state index contributed by atoms with van der Waals surface area (Å²) in [5.41, 5.74) is 1.69. The van der Waals surface area contributed by atoms with E-state index in [1.807, 2.05) is 32.0 Å². The maximum atomic E-state index is 11.8. The minimum absolute atomic E-state index is 0.0359. The molecule has 0 aromatic heterocycles. The van der Waals surface area contributed by atoms with Crippen molar-refractivity contribution in [3.8, 4) is 0 Å². The molecule has 0 aliphatic carbocycles. The fraction of sp³-hybridized carbons (Fsp3) is 0.364. The Balaban J connectivity index is 2.82. The van der Waals surface area contributed by atoms with E-state index in [9.17, 15) is 4.79 Å². The number of nitrogens with one attached hydrogen (secondary N) is 1. The van der Waals surface area contributed by atoms with Crippen LogP contribution in [0.5, 0.6) is 0 Å². The number of hydrogen-bond donors (Lipinski definition) is 1. The van der Waals surface area contributed by atoms with Crippen molar-refractivity contribution in [1.82, 2.24) is 5.32 Å². The normalized spacial score (nSPS) is 12.3. The minimum Gasteiger partial charge on any atom is -0.351 e. The first-order valence-electron chi connectivity index (χ1n) is 4.69. The lowest BCUT2D eigenvalue weighted by Crippen LogP contribution is -2.29. The molecule has 1 rings (SSSR count). The lowest BCUT2D eigenvalue weighted by molar-refractivity contribution is 0.0953. The molecule has 1 aromatic rings. The molecule has 1 amide bonds. The lowest BCUT2D eigenvalue weighted by Gasteiger charge is -2.10. The number of halogens is 2. The van der Waals surface area contributed by atoms with Crippen molar-refractivity contribution in [2.24, 2.45) is 0 Å². The predicted molar refractivity (Wildman–Crippen MR) is 69.6 cm³/mol. The van der Waals surface area contributed by atoms with Gasteiger partial charge in [0.15, 0.2) is 0 Å². The van der Waals surface area contributed by atoms with Crippen LogP contribution in [0.15, 0.2) is 22.7 Å². The summed E-state index contributed by atoms with van der Waals surface area (Å²) in [6, 6.07) is 5.72. The van der Waals surface area contributed by atoms with Gasteiger partial charge in [0.05, 0.1) is 5.56 Å². The van der Waals surface area contributed by atoms with Crippen LogP contribution >= 0.6 is 31.9 Å². The van der Waals surface area contributed by atoms with Crippen molar-refractivity contribution in [2.75, 3.05) is 6.54 Å². The number of carbonyl (C=O) groups excluding carboxylic acids is 1. The molecule has 0 aliphatic rings. The Labute approximate surface area is 107 Å². The molecule has 0 saturated heterocycles. The summed E-state index contributed by atoms with van der Waals surface area (Å²) >= 11 is 6.77. The molecule has 1 unspecified atom stereocenters. The smallest absolute Gasteiger partial charge is 0.252 e. The van der Waals surface area contributed by atoms with Gasteiger partial charge in [0.25, 0.3) is 5.91 Å². The molecule has 0 spiro atoms. The van der Waals surface area contributed by atoms with Crippen LogP contribution in [0.1, 0.15) is 22.8 Å². The highest BCUT2D eigenvalue weighted by Crippen LogP contribution is 2.19. The van der Waals surface area contributed by atoms with Crippen LogP contribution in [0.3, 0.4) is 0 Å². The second-order valence-corrected chi connectivity index (χ2v) is 5.84. The molecule has 1 atom stereocenters.